The fraction of sp³-hybridized carbons (Fsp3) is 0.158. The minimum absolute atomic E-state index is 0.0561. The van der Waals surface area contributed by atoms with Crippen LogP contribution in [-0.4, -0.2) is 37.8 Å². The molecule has 0 saturated carbocycles. The summed E-state index contributed by atoms with van der Waals surface area (Å²) in [4.78, 5) is 47.8. The third-order valence-corrected chi connectivity index (χ3v) is 3.61. The number of ether oxygens (including phenoxy) is 2. The molecule has 8 nitrogen and oxygen atoms in total. The molecule has 0 fully saturated rings. The lowest BCUT2D eigenvalue weighted by Crippen LogP contribution is -2.17. The van der Waals surface area contributed by atoms with Crippen LogP contribution in [-0.2, 0) is 14.3 Å². The third-order valence-electron chi connectivity index (χ3n) is 3.61. The van der Waals surface area contributed by atoms with E-state index in [1.165, 1.54) is 44.6 Å². The second-order valence-corrected chi connectivity index (χ2v) is 5.55. The van der Waals surface area contributed by atoms with E-state index in [2.05, 4.69) is 14.8 Å². The average molecular weight is 370 g/mol. The highest BCUT2D eigenvalue weighted by molar-refractivity contribution is 6.11. The molecule has 0 bridgehead atoms. The van der Waals surface area contributed by atoms with Gasteiger partial charge < -0.3 is 20.5 Å². The Balaban J connectivity index is 2.18. The molecular weight excluding hydrogens is 352 g/mol. The van der Waals surface area contributed by atoms with Crippen molar-refractivity contribution < 1.29 is 28.7 Å². The van der Waals surface area contributed by atoms with Crippen LogP contribution in [0.5, 0.6) is 0 Å². The molecule has 2 aromatic carbocycles. The van der Waals surface area contributed by atoms with Crippen molar-refractivity contribution in [2.45, 2.75) is 6.42 Å². The summed E-state index contributed by atoms with van der Waals surface area (Å²) in [5.74, 6) is -2.37. The minimum Gasteiger partial charge on any atom is -0.465 e. The molecule has 0 saturated heterocycles. The van der Waals surface area contributed by atoms with Crippen LogP contribution in [0.2, 0.25) is 0 Å². The molecule has 0 spiro atoms. The Morgan fingerprint density at radius 1 is 0.852 bits per heavy atom. The van der Waals surface area contributed by atoms with Crippen molar-refractivity contribution in [2.75, 3.05) is 25.3 Å². The molecular formula is C19H18N2O6. The van der Waals surface area contributed by atoms with E-state index in [0.29, 0.717) is 11.3 Å². The number of Topliss-reactive ketones (excluding diaryl/α,β-unsaturated/α-hetero) is 1. The van der Waals surface area contributed by atoms with E-state index in [-0.39, 0.29) is 16.8 Å². The molecule has 0 atom stereocenters. The van der Waals surface area contributed by atoms with E-state index in [1.54, 1.807) is 12.1 Å². The van der Waals surface area contributed by atoms with Crippen molar-refractivity contribution in [1.29, 1.82) is 0 Å². The predicted octanol–water partition coefficient (Wildman–Crippen LogP) is 2.05. The Morgan fingerprint density at radius 2 is 1.37 bits per heavy atom. The molecule has 0 radical (unpaired) electrons. The summed E-state index contributed by atoms with van der Waals surface area (Å²) in [6, 6.07) is 10.1. The summed E-state index contributed by atoms with van der Waals surface area (Å²) < 4.78 is 9.26. The first-order valence-electron chi connectivity index (χ1n) is 7.84. The van der Waals surface area contributed by atoms with Crippen molar-refractivity contribution in [3.05, 3.63) is 59.2 Å². The molecule has 0 aliphatic rings. The van der Waals surface area contributed by atoms with Gasteiger partial charge in [-0.25, -0.2) is 9.59 Å². The van der Waals surface area contributed by atoms with Gasteiger partial charge in [0.1, 0.15) is 0 Å². The van der Waals surface area contributed by atoms with E-state index in [0.717, 1.165) is 0 Å². The van der Waals surface area contributed by atoms with Gasteiger partial charge in [-0.15, -0.1) is 0 Å². The Morgan fingerprint density at radius 3 is 1.85 bits per heavy atom. The maximum Gasteiger partial charge on any atom is 0.337 e. The number of amides is 1. The highest BCUT2D eigenvalue weighted by atomic mass is 16.5. The van der Waals surface area contributed by atoms with Crippen molar-refractivity contribution in [1.82, 2.24) is 0 Å². The standard InChI is InChI=1S/C19H18N2O6/c1-26-18(24)12-7-13(19(25)27-2)9-15(8-12)21-17(23)10-16(22)11-3-5-14(20)6-4-11/h3-9H,10,20H2,1-2H3,(H,21,23). The molecule has 3 N–H and O–H groups in total. The van der Waals surface area contributed by atoms with Gasteiger partial charge in [-0.3, -0.25) is 9.59 Å². The Bertz CT molecular complexity index is 855. The van der Waals surface area contributed by atoms with Crippen LogP contribution in [0, 0.1) is 0 Å². The number of hydrogen-bond acceptors (Lipinski definition) is 7. The number of benzene rings is 2. The summed E-state index contributed by atoms with van der Waals surface area (Å²) in [7, 11) is 2.38. The first kappa shape index (κ1) is 19.6. The zero-order valence-corrected chi connectivity index (χ0v) is 14.8. The molecule has 0 heterocycles. The van der Waals surface area contributed by atoms with Crippen molar-refractivity contribution in [3.63, 3.8) is 0 Å². The molecule has 27 heavy (non-hydrogen) atoms. The van der Waals surface area contributed by atoms with Crippen LogP contribution < -0.4 is 11.1 Å². The molecule has 1 amide bonds. The second-order valence-electron chi connectivity index (χ2n) is 5.55. The Labute approximate surface area is 155 Å². The molecule has 2 rings (SSSR count). The number of hydrogen-bond donors (Lipinski definition) is 2. The number of methoxy groups -OCH3 is 2. The number of esters is 2. The van der Waals surface area contributed by atoms with Gasteiger partial charge in [0.2, 0.25) is 5.91 Å². The van der Waals surface area contributed by atoms with E-state index in [1.807, 2.05) is 0 Å². The van der Waals surface area contributed by atoms with Crippen LogP contribution in [0.25, 0.3) is 0 Å². The lowest BCUT2D eigenvalue weighted by atomic mass is 10.1. The number of nitrogen functional groups attached to an aromatic ring is 1. The number of anilines is 2. The van der Waals surface area contributed by atoms with Gasteiger partial charge in [0.05, 0.1) is 31.8 Å². The monoisotopic (exact) mass is 370 g/mol. The Hall–Kier alpha value is -3.68. The van der Waals surface area contributed by atoms with Crippen LogP contribution >= 0.6 is 0 Å². The number of carbonyl (C=O) groups is 4. The normalized spacial score (nSPS) is 10.0. The van der Waals surface area contributed by atoms with Crippen LogP contribution in [0.4, 0.5) is 11.4 Å². The second kappa shape index (κ2) is 8.61. The maximum atomic E-state index is 12.2. The number of rotatable bonds is 6. The summed E-state index contributed by atoms with van der Waals surface area (Å²) in [6.07, 6.45) is -0.417. The molecule has 140 valence electrons. The van der Waals surface area contributed by atoms with E-state index in [4.69, 9.17) is 5.73 Å². The largest absolute Gasteiger partial charge is 0.465 e. The minimum atomic E-state index is -0.686. The fourth-order valence-corrected chi connectivity index (χ4v) is 2.29. The zero-order valence-electron chi connectivity index (χ0n) is 14.8. The average Bonchev–Trinajstić information content (AvgIpc) is 2.66. The summed E-state index contributed by atoms with van der Waals surface area (Å²) in [5.41, 5.74) is 6.69. The summed E-state index contributed by atoms with van der Waals surface area (Å²) >= 11 is 0. The smallest absolute Gasteiger partial charge is 0.337 e. The summed E-state index contributed by atoms with van der Waals surface area (Å²) in [6.45, 7) is 0. The molecule has 2 aromatic rings. The quantitative estimate of drug-likeness (QED) is 0.345. The molecule has 8 heteroatoms. The summed E-state index contributed by atoms with van der Waals surface area (Å²) in [5, 5.41) is 2.49. The van der Waals surface area contributed by atoms with E-state index >= 15 is 0 Å². The van der Waals surface area contributed by atoms with Crippen LogP contribution in [0.3, 0.4) is 0 Å². The fourth-order valence-electron chi connectivity index (χ4n) is 2.29. The highest BCUT2D eigenvalue weighted by Gasteiger charge is 2.16. The van der Waals surface area contributed by atoms with E-state index < -0.39 is 30.0 Å². The van der Waals surface area contributed by atoms with Gasteiger partial charge in [-0.1, -0.05) is 0 Å². The van der Waals surface area contributed by atoms with Gasteiger partial charge in [0.25, 0.3) is 0 Å². The molecule has 0 aliphatic heterocycles. The lowest BCUT2D eigenvalue weighted by Gasteiger charge is -2.09. The highest BCUT2D eigenvalue weighted by Crippen LogP contribution is 2.18. The topological polar surface area (TPSA) is 125 Å². The van der Waals surface area contributed by atoms with Gasteiger partial charge in [-0.2, -0.15) is 0 Å². The molecule has 0 unspecified atom stereocenters. The number of nitrogens with two attached hydrogens (primary N) is 1. The number of carbonyl (C=O) groups excluding carboxylic acids is 4. The first-order chi connectivity index (χ1) is 12.8. The van der Waals surface area contributed by atoms with Crippen molar-refractivity contribution >= 4 is 35.0 Å². The predicted molar refractivity (Wildman–Crippen MR) is 97.6 cm³/mol. The lowest BCUT2D eigenvalue weighted by molar-refractivity contribution is -0.115. The molecule has 0 aliphatic carbocycles. The van der Waals surface area contributed by atoms with Crippen molar-refractivity contribution in [2.24, 2.45) is 0 Å². The van der Waals surface area contributed by atoms with Gasteiger partial charge in [-0.05, 0) is 42.5 Å². The number of ketones is 1. The van der Waals surface area contributed by atoms with Crippen LogP contribution in [0.1, 0.15) is 37.5 Å². The molecule has 0 aromatic heterocycles. The van der Waals surface area contributed by atoms with Gasteiger partial charge in [0, 0.05) is 16.9 Å². The third kappa shape index (κ3) is 5.15. The van der Waals surface area contributed by atoms with Gasteiger partial charge >= 0.3 is 11.9 Å². The van der Waals surface area contributed by atoms with Crippen LogP contribution in [0.15, 0.2) is 42.5 Å². The maximum absolute atomic E-state index is 12.2. The Kier molecular flexibility index (Phi) is 6.27. The first-order valence-corrected chi connectivity index (χ1v) is 7.84. The van der Waals surface area contributed by atoms with E-state index in [9.17, 15) is 19.2 Å². The SMILES string of the molecule is COC(=O)c1cc(NC(=O)CC(=O)c2ccc(N)cc2)cc(C(=O)OC)c1. The number of nitrogens with one attached hydrogen (secondary N) is 1. The van der Waals surface area contributed by atoms with Gasteiger partial charge in [0.15, 0.2) is 5.78 Å². The zero-order chi connectivity index (χ0) is 20.0. The van der Waals surface area contributed by atoms with Crippen molar-refractivity contribution in [3.8, 4) is 0 Å².